The van der Waals surface area contributed by atoms with Crippen molar-refractivity contribution in [1.29, 1.82) is 0 Å². The van der Waals surface area contributed by atoms with Crippen LogP contribution in [0.4, 0.5) is 0 Å². The smallest absolute Gasteiger partial charge is 0.258 e. The van der Waals surface area contributed by atoms with Gasteiger partial charge in [-0.2, -0.15) is 11.8 Å². The first kappa shape index (κ1) is 12.6. The molecule has 0 amide bonds. The van der Waals surface area contributed by atoms with E-state index in [1.165, 1.54) is 10.5 Å². The van der Waals surface area contributed by atoms with Gasteiger partial charge in [-0.15, -0.1) is 0 Å². The second-order valence-electron chi connectivity index (χ2n) is 3.44. The number of pyridine rings is 1. The summed E-state index contributed by atoms with van der Waals surface area (Å²) in [6.07, 6.45) is 1.70. The minimum Gasteiger partial charge on any atom is -0.396 e. The number of hydrogen-bond donors (Lipinski definition) is 1. The molecule has 2 rings (SSSR count). The summed E-state index contributed by atoms with van der Waals surface area (Å²) < 4.78 is 2.35. The third-order valence-corrected chi connectivity index (χ3v) is 3.60. The van der Waals surface area contributed by atoms with Gasteiger partial charge in [0.15, 0.2) is 0 Å². The molecule has 2 aromatic rings. The summed E-state index contributed by atoms with van der Waals surface area (Å²) in [5.74, 6) is 1.30. The lowest BCUT2D eigenvalue weighted by atomic mass is 10.4. The van der Waals surface area contributed by atoms with Gasteiger partial charge in [0.05, 0.1) is 12.3 Å². The third-order valence-electron chi connectivity index (χ3n) is 2.16. The fourth-order valence-electron chi connectivity index (χ4n) is 1.44. The number of halogens is 1. The molecule has 17 heavy (non-hydrogen) atoms. The Balaban J connectivity index is 2.35. The van der Waals surface area contributed by atoms with E-state index in [9.17, 15) is 4.79 Å². The first-order chi connectivity index (χ1) is 8.20. The summed E-state index contributed by atoms with van der Waals surface area (Å²) in [7, 11) is 0. The van der Waals surface area contributed by atoms with Crippen LogP contribution >= 0.6 is 27.7 Å². The highest BCUT2D eigenvalue weighted by Gasteiger charge is 2.02. The molecule has 6 heteroatoms. The Morgan fingerprint density at radius 2 is 2.29 bits per heavy atom. The van der Waals surface area contributed by atoms with Gasteiger partial charge in [-0.05, 0) is 28.1 Å². The Kier molecular flexibility index (Phi) is 4.20. The molecule has 0 fully saturated rings. The zero-order valence-corrected chi connectivity index (χ0v) is 11.4. The largest absolute Gasteiger partial charge is 0.396 e. The first-order valence-electron chi connectivity index (χ1n) is 5.07. The lowest BCUT2D eigenvalue weighted by molar-refractivity contribution is 0.322. The lowest BCUT2D eigenvalue weighted by Crippen LogP contribution is -2.15. The average Bonchev–Trinajstić information content (AvgIpc) is 2.31. The fourth-order valence-corrected chi connectivity index (χ4v) is 2.41. The van der Waals surface area contributed by atoms with E-state index in [1.807, 2.05) is 6.07 Å². The standard InChI is InChI=1S/C11H11BrN2O2S/c12-8-1-2-10-13-9(7-17-4-3-15)5-11(16)14(10)6-8/h1-2,5-6,15H,3-4,7H2. The van der Waals surface area contributed by atoms with Crippen LogP contribution in [0.5, 0.6) is 0 Å². The van der Waals surface area contributed by atoms with E-state index in [4.69, 9.17) is 5.11 Å². The molecule has 0 saturated carbocycles. The molecular weight excluding hydrogens is 304 g/mol. The van der Waals surface area contributed by atoms with Gasteiger partial charge in [0.25, 0.3) is 5.56 Å². The van der Waals surface area contributed by atoms with Gasteiger partial charge in [0.1, 0.15) is 5.65 Å². The van der Waals surface area contributed by atoms with Crippen LogP contribution in [0, 0.1) is 0 Å². The Hall–Kier alpha value is -0.850. The molecule has 0 unspecified atom stereocenters. The van der Waals surface area contributed by atoms with E-state index in [0.29, 0.717) is 17.2 Å². The quantitative estimate of drug-likeness (QED) is 0.872. The molecule has 90 valence electrons. The number of thioether (sulfide) groups is 1. The van der Waals surface area contributed by atoms with Gasteiger partial charge < -0.3 is 5.11 Å². The maximum atomic E-state index is 11.8. The van der Waals surface area contributed by atoms with E-state index >= 15 is 0 Å². The number of nitrogens with zero attached hydrogens (tertiary/aromatic N) is 2. The van der Waals surface area contributed by atoms with E-state index < -0.39 is 0 Å². The van der Waals surface area contributed by atoms with Gasteiger partial charge in [0.2, 0.25) is 0 Å². The molecule has 2 heterocycles. The van der Waals surface area contributed by atoms with Crippen molar-refractivity contribution in [1.82, 2.24) is 9.38 Å². The van der Waals surface area contributed by atoms with E-state index in [-0.39, 0.29) is 12.2 Å². The first-order valence-corrected chi connectivity index (χ1v) is 7.02. The van der Waals surface area contributed by atoms with E-state index in [0.717, 1.165) is 10.2 Å². The van der Waals surface area contributed by atoms with Crippen LogP contribution in [0.15, 0.2) is 33.7 Å². The molecule has 0 aliphatic heterocycles. The van der Waals surface area contributed by atoms with Crippen molar-refractivity contribution in [3.8, 4) is 0 Å². The number of aromatic nitrogens is 2. The van der Waals surface area contributed by atoms with Crippen molar-refractivity contribution in [3.63, 3.8) is 0 Å². The van der Waals surface area contributed by atoms with Gasteiger partial charge in [0, 0.05) is 28.2 Å². The Bertz CT molecular complexity index is 585. The molecule has 0 spiro atoms. The van der Waals surface area contributed by atoms with E-state index in [1.54, 1.807) is 24.0 Å². The highest BCUT2D eigenvalue weighted by molar-refractivity contribution is 9.10. The molecule has 0 radical (unpaired) electrons. The maximum absolute atomic E-state index is 11.8. The monoisotopic (exact) mass is 314 g/mol. The molecule has 2 aromatic heterocycles. The summed E-state index contributed by atoms with van der Waals surface area (Å²) in [4.78, 5) is 16.2. The number of hydrogen-bond acceptors (Lipinski definition) is 4. The third kappa shape index (κ3) is 3.08. The van der Waals surface area contributed by atoms with Crippen LogP contribution in [0.1, 0.15) is 5.69 Å². The van der Waals surface area contributed by atoms with Crippen LogP contribution < -0.4 is 5.56 Å². The molecular formula is C11H11BrN2O2S. The second kappa shape index (κ2) is 5.66. The predicted molar refractivity (Wildman–Crippen MR) is 72.4 cm³/mol. The summed E-state index contributed by atoms with van der Waals surface area (Å²) in [6.45, 7) is 0.143. The van der Waals surface area contributed by atoms with Crippen LogP contribution in [0.2, 0.25) is 0 Å². The molecule has 1 N–H and O–H groups in total. The van der Waals surface area contributed by atoms with Gasteiger partial charge in [-0.25, -0.2) is 4.98 Å². The van der Waals surface area contributed by atoms with Crippen molar-refractivity contribution in [2.45, 2.75) is 5.75 Å². The Morgan fingerprint density at radius 3 is 3.06 bits per heavy atom. The summed E-state index contributed by atoms with van der Waals surface area (Å²) >= 11 is 4.87. The summed E-state index contributed by atoms with van der Waals surface area (Å²) in [5.41, 5.74) is 1.30. The number of aliphatic hydroxyl groups excluding tert-OH is 1. The fraction of sp³-hybridized carbons (Fsp3) is 0.273. The molecule has 0 aliphatic carbocycles. The van der Waals surface area contributed by atoms with Crippen LogP contribution in [0.3, 0.4) is 0 Å². The second-order valence-corrected chi connectivity index (χ2v) is 5.46. The summed E-state index contributed by atoms with van der Waals surface area (Å²) in [5, 5.41) is 8.69. The minimum absolute atomic E-state index is 0.0871. The molecule has 0 aromatic carbocycles. The zero-order valence-electron chi connectivity index (χ0n) is 8.97. The Labute approximate surface area is 111 Å². The topological polar surface area (TPSA) is 54.6 Å². The van der Waals surface area contributed by atoms with Crippen LogP contribution in [0.25, 0.3) is 5.65 Å². The van der Waals surface area contributed by atoms with Gasteiger partial charge in [-0.3, -0.25) is 9.20 Å². The van der Waals surface area contributed by atoms with Crippen LogP contribution in [-0.2, 0) is 5.75 Å². The van der Waals surface area contributed by atoms with Crippen molar-refractivity contribution >= 4 is 33.3 Å². The van der Waals surface area contributed by atoms with Crippen molar-refractivity contribution < 1.29 is 5.11 Å². The highest BCUT2D eigenvalue weighted by Crippen LogP contribution is 2.12. The number of aliphatic hydroxyl groups is 1. The van der Waals surface area contributed by atoms with Crippen molar-refractivity contribution in [2.24, 2.45) is 0 Å². The van der Waals surface area contributed by atoms with Crippen molar-refractivity contribution in [2.75, 3.05) is 12.4 Å². The number of rotatable bonds is 4. The molecule has 0 aliphatic rings. The van der Waals surface area contributed by atoms with Gasteiger partial charge >= 0.3 is 0 Å². The molecule has 4 nitrogen and oxygen atoms in total. The summed E-state index contributed by atoms with van der Waals surface area (Å²) in [6, 6.07) is 5.18. The van der Waals surface area contributed by atoms with E-state index in [2.05, 4.69) is 20.9 Å². The lowest BCUT2D eigenvalue weighted by Gasteiger charge is -2.04. The molecule has 0 saturated heterocycles. The Morgan fingerprint density at radius 1 is 1.47 bits per heavy atom. The van der Waals surface area contributed by atoms with Crippen molar-refractivity contribution in [3.05, 3.63) is 44.9 Å². The maximum Gasteiger partial charge on any atom is 0.258 e. The average molecular weight is 315 g/mol. The zero-order chi connectivity index (χ0) is 12.3. The number of fused-ring (bicyclic) bond motifs is 1. The normalized spacial score (nSPS) is 10.9. The van der Waals surface area contributed by atoms with Gasteiger partial charge in [-0.1, -0.05) is 0 Å². The SMILES string of the molecule is O=c1cc(CSCCO)nc2ccc(Br)cn12. The highest BCUT2D eigenvalue weighted by atomic mass is 79.9. The molecule has 0 bridgehead atoms. The predicted octanol–water partition coefficient (Wildman–Crippen LogP) is 1.68. The molecule has 0 atom stereocenters. The minimum atomic E-state index is -0.0871. The van der Waals surface area contributed by atoms with Crippen LogP contribution in [-0.4, -0.2) is 26.9 Å².